The number of benzene rings is 3. The van der Waals surface area contributed by atoms with Gasteiger partial charge in [-0.3, -0.25) is 9.59 Å². The van der Waals surface area contributed by atoms with Gasteiger partial charge in [0.25, 0.3) is 5.91 Å². The van der Waals surface area contributed by atoms with E-state index in [1.807, 2.05) is 61.5 Å². The number of fused-ring (bicyclic) bond motifs is 1. The number of H-pyrrole nitrogens is 1. The Morgan fingerprint density at radius 1 is 0.970 bits per heavy atom. The van der Waals surface area contributed by atoms with Crippen molar-refractivity contribution >= 4 is 34.2 Å². The number of methoxy groups -OCH3 is 1. The van der Waals surface area contributed by atoms with Gasteiger partial charge in [0, 0.05) is 24.6 Å². The number of ether oxygens (including phenoxy) is 1. The number of carbonyl (C=O) groups is 2. The summed E-state index contributed by atoms with van der Waals surface area (Å²) in [7, 11) is 1.58. The van der Waals surface area contributed by atoms with E-state index >= 15 is 0 Å². The molecule has 3 N–H and O–H groups in total. The van der Waals surface area contributed by atoms with Crippen LogP contribution in [0.15, 0.2) is 60.7 Å². The number of amides is 2. The highest BCUT2D eigenvalue weighted by molar-refractivity contribution is 6.06. The summed E-state index contributed by atoms with van der Waals surface area (Å²) in [5, 5.41) is 5.69. The Morgan fingerprint density at radius 2 is 1.76 bits per heavy atom. The van der Waals surface area contributed by atoms with E-state index < -0.39 is 0 Å². The Hall–Kier alpha value is -4.13. The third kappa shape index (κ3) is 5.38. The minimum Gasteiger partial charge on any atom is -0.495 e. The smallest absolute Gasteiger partial charge is 0.255 e. The normalized spacial score (nSPS) is 10.8. The maximum absolute atomic E-state index is 12.8. The molecule has 0 saturated carbocycles. The Balaban J connectivity index is 1.44. The van der Waals surface area contributed by atoms with Crippen LogP contribution in [0.25, 0.3) is 11.0 Å². The number of anilines is 2. The summed E-state index contributed by atoms with van der Waals surface area (Å²) in [6.45, 7) is 3.45. The molecule has 4 rings (SSSR count). The summed E-state index contributed by atoms with van der Waals surface area (Å²) in [6, 6.07) is 18.9. The van der Waals surface area contributed by atoms with Crippen LogP contribution >= 0.6 is 0 Å². The van der Waals surface area contributed by atoms with E-state index in [1.165, 1.54) is 6.92 Å². The second kappa shape index (κ2) is 9.56. The molecule has 2 amide bonds. The standard InChI is InChI=1S/C26H26N4O3/c1-16-4-12-24(33-3)23(14-16)30-26(32)19-8-11-21-22(15-19)29-25(28-21)13-7-18-5-9-20(10-6-18)27-17(2)31/h4-6,8-12,14-15H,7,13H2,1-3H3,(H,27,31)(H,28,29)(H,30,32). The monoisotopic (exact) mass is 442 g/mol. The van der Waals surface area contributed by atoms with Crippen molar-refractivity contribution in [3.05, 3.63) is 83.2 Å². The molecule has 0 radical (unpaired) electrons. The zero-order chi connectivity index (χ0) is 23.4. The van der Waals surface area contributed by atoms with E-state index in [-0.39, 0.29) is 11.8 Å². The predicted octanol–water partition coefficient (Wildman–Crippen LogP) is 4.88. The molecule has 0 aliphatic rings. The van der Waals surface area contributed by atoms with Crippen LogP contribution in [0.3, 0.4) is 0 Å². The lowest BCUT2D eigenvalue weighted by Crippen LogP contribution is -2.12. The molecule has 7 heteroatoms. The first-order valence-corrected chi connectivity index (χ1v) is 10.7. The average Bonchev–Trinajstić information content (AvgIpc) is 3.20. The van der Waals surface area contributed by atoms with Gasteiger partial charge in [-0.25, -0.2) is 4.98 Å². The van der Waals surface area contributed by atoms with Crippen molar-refractivity contribution in [2.24, 2.45) is 0 Å². The zero-order valence-electron chi connectivity index (χ0n) is 18.9. The molecule has 7 nitrogen and oxygen atoms in total. The minimum absolute atomic E-state index is 0.0869. The average molecular weight is 443 g/mol. The summed E-state index contributed by atoms with van der Waals surface area (Å²) in [5.74, 6) is 1.17. The van der Waals surface area contributed by atoms with E-state index in [1.54, 1.807) is 13.2 Å². The molecule has 0 aliphatic heterocycles. The minimum atomic E-state index is -0.212. The number of hydrogen-bond donors (Lipinski definition) is 3. The summed E-state index contributed by atoms with van der Waals surface area (Å²) in [4.78, 5) is 31.9. The molecule has 1 heterocycles. The summed E-state index contributed by atoms with van der Waals surface area (Å²) >= 11 is 0. The van der Waals surface area contributed by atoms with Gasteiger partial charge in [-0.1, -0.05) is 18.2 Å². The summed E-state index contributed by atoms with van der Waals surface area (Å²) in [6.07, 6.45) is 1.54. The molecule has 3 aromatic carbocycles. The molecule has 0 bridgehead atoms. The first-order valence-electron chi connectivity index (χ1n) is 10.7. The van der Waals surface area contributed by atoms with Crippen LogP contribution in [0.5, 0.6) is 5.75 Å². The Bertz CT molecular complexity index is 1310. The lowest BCUT2D eigenvalue weighted by Gasteiger charge is -2.11. The van der Waals surface area contributed by atoms with Crippen molar-refractivity contribution in [2.75, 3.05) is 17.7 Å². The van der Waals surface area contributed by atoms with E-state index in [0.717, 1.165) is 46.5 Å². The molecule has 0 unspecified atom stereocenters. The number of nitrogens with zero attached hydrogens (tertiary/aromatic N) is 1. The van der Waals surface area contributed by atoms with E-state index in [4.69, 9.17) is 4.74 Å². The highest BCUT2D eigenvalue weighted by atomic mass is 16.5. The first kappa shape index (κ1) is 22.1. The quantitative estimate of drug-likeness (QED) is 0.380. The fourth-order valence-corrected chi connectivity index (χ4v) is 3.66. The second-order valence-electron chi connectivity index (χ2n) is 7.95. The van der Waals surface area contributed by atoms with Crippen LogP contribution in [0.2, 0.25) is 0 Å². The fraction of sp³-hybridized carbons (Fsp3) is 0.192. The Morgan fingerprint density at radius 3 is 2.48 bits per heavy atom. The molecule has 0 fully saturated rings. The highest BCUT2D eigenvalue weighted by Crippen LogP contribution is 2.26. The van der Waals surface area contributed by atoms with Crippen LogP contribution in [0.1, 0.15) is 34.2 Å². The van der Waals surface area contributed by atoms with Crippen LogP contribution in [0, 0.1) is 6.92 Å². The van der Waals surface area contributed by atoms with Gasteiger partial charge in [0.05, 0.1) is 23.8 Å². The molecule has 1 aromatic heterocycles. The molecular formula is C26H26N4O3. The molecule has 0 saturated heterocycles. The van der Waals surface area contributed by atoms with Crippen LogP contribution in [-0.4, -0.2) is 28.9 Å². The van der Waals surface area contributed by atoms with E-state index in [2.05, 4.69) is 20.6 Å². The molecule has 0 atom stereocenters. The predicted molar refractivity (Wildman–Crippen MR) is 130 cm³/mol. The lowest BCUT2D eigenvalue weighted by molar-refractivity contribution is -0.114. The van der Waals surface area contributed by atoms with Crippen molar-refractivity contribution in [3.8, 4) is 5.75 Å². The van der Waals surface area contributed by atoms with Gasteiger partial charge in [0.1, 0.15) is 11.6 Å². The third-order valence-corrected chi connectivity index (χ3v) is 5.32. The van der Waals surface area contributed by atoms with Gasteiger partial charge < -0.3 is 20.4 Å². The SMILES string of the molecule is COc1ccc(C)cc1NC(=O)c1ccc2nc(CCc3ccc(NC(C)=O)cc3)[nH]c2c1. The van der Waals surface area contributed by atoms with Gasteiger partial charge in [-0.2, -0.15) is 0 Å². The van der Waals surface area contributed by atoms with Crippen molar-refractivity contribution in [1.82, 2.24) is 9.97 Å². The number of imidazole rings is 1. The number of carbonyl (C=O) groups excluding carboxylic acids is 2. The molecular weight excluding hydrogens is 416 g/mol. The van der Waals surface area contributed by atoms with Crippen LogP contribution in [0.4, 0.5) is 11.4 Å². The lowest BCUT2D eigenvalue weighted by atomic mass is 10.1. The molecule has 0 aliphatic carbocycles. The number of hydrogen-bond acceptors (Lipinski definition) is 4. The molecule has 168 valence electrons. The van der Waals surface area contributed by atoms with Gasteiger partial charge in [0.2, 0.25) is 5.91 Å². The van der Waals surface area contributed by atoms with Crippen molar-refractivity contribution in [2.45, 2.75) is 26.7 Å². The molecule has 4 aromatic rings. The van der Waals surface area contributed by atoms with Crippen LogP contribution in [-0.2, 0) is 17.6 Å². The first-order chi connectivity index (χ1) is 15.9. The molecule has 0 spiro atoms. The maximum Gasteiger partial charge on any atom is 0.255 e. The largest absolute Gasteiger partial charge is 0.495 e. The third-order valence-electron chi connectivity index (χ3n) is 5.32. The number of nitrogens with one attached hydrogen (secondary N) is 3. The van der Waals surface area contributed by atoms with Gasteiger partial charge in [0.15, 0.2) is 0 Å². The fourth-order valence-electron chi connectivity index (χ4n) is 3.66. The Labute approximate surface area is 192 Å². The maximum atomic E-state index is 12.8. The highest BCUT2D eigenvalue weighted by Gasteiger charge is 2.12. The van der Waals surface area contributed by atoms with Crippen LogP contribution < -0.4 is 15.4 Å². The zero-order valence-corrected chi connectivity index (χ0v) is 18.9. The number of rotatable bonds is 7. The van der Waals surface area contributed by atoms with Crippen molar-refractivity contribution in [3.63, 3.8) is 0 Å². The summed E-state index contributed by atoms with van der Waals surface area (Å²) in [5.41, 5.74) is 5.77. The van der Waals surface area contributed by atoms with Crippen molar-refractivity contribution < 1.29 is 14.3 Å². The van der Waals surface area contributed by atoms with Gasteiger partial charge >= 0.3 is 0 Å². The second-order valence-corrected chi connectivity index (χ2v) is 7.95. The topological polar surface area (TPSA) is 96.1 Å². The van der Waals surface area contributed by atoms with Gasteiger partial charge in [-0.05, 0) is 66.9 Å². The summed E-state index contributed by atoms with van der Waals surface area (Å²) < 4.78 is 5.35. The molecule has 33 heavy (non-hydrogen) atoms. The van der Waals surface area contributed by atoms with E-state index in [0.29, 0.717) is 17.0 Å². The number of aromatic nitrogens is 2. The van der Waals surface area contributed by atoms with Crippen molar-refractivity contribution in [1.29, 1.82) is 0 Å². The number of aryl methyl sites for hydroxylation is 3. The number of aromatic amines is 1. The van der Waals surface area contributed by atoms with E-state index in [9.17, 15) is 9.59 Å². The van der Waals surface area contributed by atoms with Gasteiger partial charge in [-0.15, -0.1) is 0 Å². The Kier molecular flexibility index (Phi) is 6.40.